The van der Waals surface area contributed by atoms with Crippen LogP contribution in [0.25, 0.3) is 0 Å². The van der Waals surface area contributed by atoms with Crippen LogP contribution in [0.1, 0.15) is 10.4 Å². The highest BCUT2D eigenvalue weighted by Crippen LogP contribution is 2.36. The Morgan fingerprint density at radius 1 is 1.36 bits per heavy atom. The van der Waals surface area contributed by atoms with Gasteiger partial charge in [0, 0.05) is 18.5 Å². The van der Waals surface area contributed by atoms with E-state index in [-0.39, 0.29) is 0 Å². The Morgan fingerprint density at radius 3 is 2.64 bits per heavy atom. The van der Waals surface area contributed by atoms with Crippen LogP contribution in [0.4, 0.5) is 18.3 Å². The lowest BCUT2D eigenvalue weighted by Gasteiger charge is -2.17. The zero-order valence-electron chi connectivity index (χ0n) is 12.3. The molecule has 0 amide bonds. The first kappa shape index (κ1) is 17.0. The molecular formula is C14H15F3N2OS2. The third-order valence-corrected chi connectivity index (χ3v) is 4.90. The lowest BCUT2D eigenvalue weighted by atomic mass is 10.2. The van der Waals surface area contributed by atoms with Crippen LogP contribution in [-0.4, -0.2) is 25.4 Å². The molecule has 120 valence electrons. The molecule has 0 aliphatic rings. The van der Waals surface area contributed by atoms with Crippen LogP contribution in [0.5, 0.6) is 5.75 Å². The Morgan fingerprint density at radius 2 is 2.09 bits per heavy atom. The van der Waals surface area contributed by atoms with Crippen LogP contribution in [0.3, 0.4) is 0 Å². The minimum absolute atomic E-state index is 0.334. The van der Waals surface area contributed by atoms with Gasteiger partial charge in [0.1, 0.15) is 10.6 Å². The van der Waals surface area contributed by atoms with Gasteiger partial charge in [0.25, 0.3) is 0 Å². The molecule has 0 aliphatic heterocycles. The van der Waals surface area contributed by atoms with E-state index < -0.39 is 11.1 Å². The largest absolute Gasteiger partial charge is 0.496 e. The fourth-order valence-corrected chi connectivity index (χ4v) is 3.18. The molecule has 0 aliphatic carbocycles. The molecule has 0 spiro atoms. The van der Waals surface area contributed by atoms with Gasteiger partial charge in [-0.05, 0) is 24.0 Å². The van der Waals surface area contributed by atoms with E-state index in [0.717, 1.165) is 22.4 Å². The summed E-state index contributed by atoms with van der Waals surface area (Å²) in [5.74, 6) is 0.758. The number of rotatable bonds is 5. The number of hydrogen-bond donors (Lipinski definition) is 0. The molecular weight excluding hydrogens is 333 g/mol. The predicted octanol–water partition coefficient (Wildman–Crippen LogP) is 4.53. The molecule has 0 radical (unpaired) electrons. The van der Waals surface area contributed by atoms with E-state index in [1.54, 1.807) is 30.8 Å². The minimum atomic E-state index is -4.35. The number of halogens is 3. The molecule has 0 saturated heterocycles. The van der Waals surface area contributed by atoms with E-state index in [4.69, 9.17) is 4.74 Å². The van der Waals surface area contributed by atoms with Gasteiger partial charge in [-0.1, -0.05) is 17.4 Å². The topological polar surface area (TPSA) is 25.4 Å². The molecule has 1 heterocycles. The average molecular weight is 348 g/mol. The van der Waals surface area contributed by atoms with E-state index in [0.29, 0.717) is 23.0 Å². The van der Waals surface area contributed by atoms with Crippen molar-refractivity contribution in [3.05, 3.63) is 34.8 Å². The number of benzene rings is 1. The summed E-state index contributed by atoms with van der Waals surface area (Å²) in [5.41, 5.74) is 0.945. The van der Waals surface area contributed by atoms with E-state index >= 15 is 0 Å². The van der Waals surface area contributed by atoms with Crippen molar-refractivity contribution in [3.8, 4) is 5.75 Å². The second kappa shape index (κ2) is 6.78. The van der Waals surface area contributed by atoms with Crippen LogP contribution in [0, 0.1) is 0 Å². The van der Waals surface area contributed by atoms with Crippen molar-refractivity contribution >= 4 is 28.2 Å². The number of thioether (sulfide) groups is 1. The van der Waals surface area contributed by atoms with Crippen LogP contribution in [0.15, 0.2) is 29.3 Å². The van der Waals surface area contributed by atoms with E-state index in [9.17, 15) is 13.2 Å². The number of aromatic nitrogens is 1. The third kappa shape index (κ3) is 3.86. The number of methoxy groups -OCH3 is 1. The standard InChI is InChI=1S/C14H15F3N2OS2/c1-19(13-18-7-12(22-13)14(15,16)17)8-9-4-5-11(21-3)10(6-9)20-2/h4-7H,8H2,1-3H3. The van der Waals surface area contributed by atoms with Gasteiger partial charge in [-0.15, -0.1) is 11.8 Å². The Balaban J connectivity index is 2.15. The molecule has 0 unspecified atom stereocenters. The summed E-state index contributed by atoms with van der Waals surface area (Å²) in [6.07, 6.45) is -1.52. The second-order valence-corrected chi connectivity index (χ2v) is 6.41. The zero-order valence-corrected chi connectivity index (χ0v) is 13.9. The maximum atomic E-state index is 12.6. The van der Waals surface area contributed by atoms with Crippen molar-refractivity contribution in [3.63, 3.8) is 0 Å². The summed E-state index contributed by atoms with van der Waals surface area (Å²) in [7, 11) is 3.31. The maximum absolute atomic E-state index is 12.6. The van der Waals surface area contributed by atoms with Crippen molar-refractivity contribution in [1.29, 1.82) is 0 Å². The second-order valence-electron chi connectivity index (χ2n) is 4.55. The molecule has 0 saturated carbocycles. The van der Waals surface area contributed by atoms with Crippen molar-refractivity contribution in [1.82, 2.24) is 4.98 Å². The summed E-state index contributed by atoms with van der Waals surface area (Å²) >= 11 is 2.22. The van der Waals surface area contributed by atoms with E-state index in [1.807, 2.05) is 24.5 Å². The maximum Gasteiger partial charge on any atom is 0.427 e. The van der Waals surface area contributed by atoms with Crippen molar-refractivity contribution in [2.45, 2.75) is 17.6 Å². The highest BCUT2D eigenvalue weighted by Gasteiger charge is 2.33. The van der Waals surface area contributed by atoms with Gasteiger partial charge in [0.15, 0.2) is 5.13 Å². The van der Waals surface area contributed by atoms with Crippen molar-refractivity contribution in [2.75, 3.05) is 25.3 Å². The van der Waals surface area contributed by atoms with E-state index in [1.165, 1.54) is 0 Å². The number of anilines is 1. The Hall–Kier alpha value is -1.41. The predicted molar refractivity (Wildman–Crippen MR) is 84.0 cm³/mol. The number of alkyl halides is 3. The summed E-state index contributed by atoms with van der Waals surface area (Å²) in [5, 5.41) is 0.334. The van der Waals surface area contributed by atoms with E-state index in [2.05, 4.69) is 4.98 Å². The molecule has 0 fully saturated rings. The van der Waals surface area contributed by atoms with Gasteiger partial charge in [0.2, 0.25) is 0 Å². The smallest absolute Gasteiger partial charge is 0.427 e. The fraction of sp³-hybridized carbons (Fsp3) is 0.357. The average Bonchev–Trinajstić information content (AvgIpc) is 2.97. The molecule has 0 N–H and O–H groups in total. The molecule has 0 atom stereocenters. The summed E-state index contributed by atoms with van der Waals surface area (Å²) in [6.45, 7) is 0.454. The number of hydrogen-bond acceptors (Lipinski definition) is 5. The molecule has 8 heteroatoms. The summed E-state index contributed by atoms with van der Waals surface area (Å²) < 4.78 is 43.1. The van der Waals surface area contributed by atoms with Crippen molar-refractivity contribution < 1.29 is 17.9 Å². The summed E-state index contributed by atoms with van der Waals surface area (Å²) in [6, 6.07) is 5.76. The molecule has 2 aromatic rings. The van der Waals surface area contributed by atoms with Crippen LogP contribution >= 0.6 is 23.1 Å². The van der Waals surface area contributed by atoms with Gasteiger partial charge in [-0.3, -0.25) is 0 Å². The molecule has 3 nitrogen and oxygen atoms in total. The van der Waals surface area contributed by atoms with Crippen LogP contribution in [-0.2, 0) is 12.7 Å². The highest BCUT2D eigenvalue weighted by atomic mass is 32.2. The zero-order chi connectivity index (χ0) is 16.3. The summed E-state index contributed by atoms with van der Waals surface area (Å²) in [4.78, 5) is 5.86. The first-order chi connectivity index (χ1) is 10.3. The van der Waals surface area contributed by atoms with Crippen LogP contribution < -0.4 is 9.64 Å². The highest BCUT2D eigenvalue weighted by molar-refractivity contribution is 7.98. The molecule has 1 aromatic heterocycles. The van der Waals surface area contributed by atoms with Crippen molar-refractivity contribution in [2.24, 2.45) is 0 Å². The number of nitrogens with zero attached hydrogens (tertiary/aromatic N) is 2. The lowest BCUT2D eigenvalue weighted by Crippen LogP contribution is -2.16. The number of thiazole rings is 1. The third-order valence-electron chi connectivity index (χ3n) is 2.97. The molecule has 2 rings (SSSR count). The quantitative estimate of drug-likeness (QED) is 0.742. The van der Waals surface area contributed by atoms with Gasteiger partial charge in [-0.25, -0.2) is 4.98 Å². The Kier molecular flexibility index (Phi) is 5.23. The van der Waals surface area contributed by atoms with Crippen LogP contribution in [0.2, 0.25) is 0 Å². The van der Waals surface area contributed by atoms with Gasteiger partial charge in [-0.2, -0.15) is 13.2 Å². The van der Waals surface area contributed by atoms with Gasteiger partial charge in [0.05, 0.1) is 13.3 Å². The minimum Gasteiger partial charge on any atom is -0.496 e. The Labute approximate surface area is 135 Å². The molecule has 1 aromatic carbocycles. The molecule has 22 heavy (non-hydrogen) atoms. The fourth-order valence-electron chi connectivity index (χ4n) is 1.89. The van der Waals surface area contributed by atoms with Gasteiger partial charge >= 0.3 is 6.18 Å². The Bertz CT molecular complexity index is 643. The molecule has 0 bridgehead atoms. The first-order valence-corrected chi connectivity index (χ1v) is 8.34. The first-order valence-electron chi connectivity index (χ1n) is 6.30. The normalized spacial score (nSPS) is 11.5. The lowest BCUT2D eigenvalue weighted by molar-refractivity contribution is -0.134. The monoisotopic (exact) mass is 348 g/mol. The SMILES string of the molecule is COc1cc(CN(C)c2ncc(C(F)(F)F)s2)ccc1SC. The van der Waals surface area contributed by atoms with Gasteiger partial charge < -0.3 is 9.64 Å². The number of ether oxygens (including phenoxy) is 1.